The molecule has 0 aliphatic heterocycles. The molecule has 2 rings (SSSR count). The van der Waals surface area contributed by atoms with Crippen LogP contribution in [-0.4, -0.2) is 12.6 Å². The molecule has 1 aromatic carbocycles. The maximum absolute atomic E-state index is 13.3. The molecule has 17 heavy (non-hydrogen) atoms. The molecule has 0 saturated heterocycles. The lowest BCUT2D eigenvalue weighted by molar-refractivity contribution is 0.336. The fourth-order valence-corrected chi connectivity index (χ4v) is 2.55. The van der Waals surface area contributed by atoms with Gasteiger partial charge in [0.05, 0.1) is 0 Å². The highest BCUT2D eigenvalue weighted by atomic mass is 79.9. The quantitative estimate of drug-likeness (QED) is 0.869. The van der Waals surface area contributed by atoms with Gasteiger partial charge in [-0.25, -0.2) is 4.39 Å². The SMILES string of the molecule is CC(C)(CNC1CC1)Cc1cc(F)cc(Br)c1. The summed E-state index contributed by atoms with van der Waals surface area (Å²) in [6.45, 7) is 5.44. The summed E-state index contributed by atoms with van der Waals surface area (Å²) in [7, 11) is 0. The van der Waals surface area contributed by atoms with E-state index in [1.165, 1.54) is 18.9 Å². The van der Waals surface area contributed by atoms with Gasteiger partial charge in [-0.05, 0) is 48.4 Å². The van der Waals surface area contributed by atoms with E-state index < -0.39 is 0 Å². The van der Waals surface area contributed by atoms with Crippen molar-refractivity contribution >= 4 is 15.9 Å². The predicted molar refractivity (Wildman–Crippen MR) is 72.6 cm³/mol. The minimum Gasteiger partial charge on any atom is -0.313 e. The van der Waals surface area contributed by atoms with E-state index in [0.29, 0.717) is 0 Å². The molecule has 1 fully saturated rings. The number of rotatable bonds is 5. The molecule has 0 atom stereocenters. The Balaban J connectivity index is 1.96. The summed E-state index contributed by atoms with van der Waals surface area (Å²) in [6.07, 6.45) is 3.51. The Morgan fingerprint density at radius 1 is 1.35 bits per heavy atom. The summed E-state index contributed by atoms with van der Waals surface area (Å²) in [5.74, 6) is -0.166. The Hall–Kier alpha value is -0.410. The summed E-state index contributed by atoms with van der Waals surface area (Å²) in [4.78, 5) is 0. The second kappa shape index (κ2) is 5.07. The van der Waals surface area contributed by atoms with E-state index >= 15 is 0 Å². The lowest BCUT2D eigenvalue weighted by atomic mass is 9.85. The van der Waals surface area contributed by atoms with E-state index in [1.807, 2.05) is 6.07 Å². The molecule has 1 nitrogen and oxygen atoms in total. The lowest BCUT2D eigenvalue weighted by Crippen LogP contribution is -2.32. The predicted octanol–water partition coefficient (Wildman–Crippen LogP) is 3.91. The zero-order valence-electron chi connectivity index (χ0n) is 10.4. The van der Waals surface area contributed by atoms with Gasteiger partial charge in [-0.1, -0.05) is 29.8 Å². The second-order valence-electron chi connectivity index (χ2n) is 5.77. The number of benzene rings is 1. The highest BCUT2D eigenvalue weighted by molar-refractivity contribution is 9.10. The molecule has 1 N–H and O–H groups in total. The van der Waals surface area contributed by atoms with E-state index in [1.54, 1.807) is 6.07 Å². The van der Waals surface area contributed by atoms with Gasteiger partial charge in [0.15, 0.2) is 0 Å². The van der Waals surface area contributed by atoms with Crippen molar-refractivity contribution in [3.63, 3.8) is 0 Å². The van der Waals surface area contributed by atoms with Crippen LogP contribution in [0, 0.1) is 11.2 Å². The van der Waals surface area contributed by atoms with Crippen molar-refractivity contribution in [3.05, 3.63) is 34.1 Å². The molecule has 0 unspecified atom stereocenters. The Morgan fingerprint density at radius 2 is 2.06 bits per heavy atom. The zero-order valence-corrected chi connectivity index (χ0v) is 12.0. The first-order valence-electron chi connectivity index (χ1n) is 6.13. The summed E-state index contributed by atoms with van der Waals surface area (Å²) >= 11 is 3.34. The summed E-state index contributed by atoms with van der Waals surface area (Å²) < 4.78 is 14.1. The van der Waals surface area contributed by atoms with Crippen molar-refractivity contribution in [1.82, 2.24) is 5.32 Å². The molecule has 0 bridgehead atoms. The lowest BCUT2D eigenvalue weighted by Gasteiger charge is -2.25. The molecule has 0 heterocycles. The van der Waals surface area contributed by atoms with Gasteiger partial charge in [-0.15, -0.1) is 0 Å². The summed E-state index contributed by atoms with van der Waals surface area (Å²) in [6, 6.07) is 5.86. The van der Waals surface area contributed by atoms with Crippen LogP contribution in [0.25, 0.3) is 0 Å². The zero-order chi connectivity index (χ0) is 12.5. The highest BCUT2D eigenvalue weighted by Crippen LogP contribution is 2.26. The van der Waals surface area contributed by atoms with E-state index in [9.17, 15) is 4.39 Å². The van der Waals surface area contributed by atoms with Gasteiger partial charge < -0.3 is 5.32 Å². The largest absolute Gasteiger partial charge is 0.313 e. The molecule has 94 valence electrons. The van der Waals surface area contributed by atoms with Crippen LogP contribution in [0.2, 0.25) is 0 Å². The molecule has 1 aliphatic carbocycles. The maximum atomic E-state index is 13.3. The molecule has 1 saturated carbocycles. The maximum Gasteiger partial charge on any atom is 0.124 e. The minimum absolute atomic E-state index is 0.163. The fourth-order valence-electron chi connectivity index (χ4n) is 2.04. The van der Waals surface area contributed by atoms with E-state index in [2.05, 4.69) is 35.1 Å². The Bertz CT molecular complexity index is 379. The average molecular weight is 300 g/mol. The van der Waals surface area contributed by atoms with Crippen LogP contribution in [0.3, 0.4) is 0 Å². The molecule has 1 aromatic rings. The Labute approximate surface area is 111 Å². The van der Waals surface area contributed by atoms with Crippen molar-refractivity contribution in [2.45, 2.75) is 39.2 Å². The normalized spacial score (nSPS) is 16.2. The fraction of sp³-hybridized carbons (Fsp3) is 0.571. The minimum atomic E-state index is -0.166. The Morgan fingerprint density at radius 3 is 2.65 bits per heavy atom. The first-order valence-corrected chi connectivity index (χ1v) is 6.92. The van der Waals surface area contributed by atoms with Gasteiger partial charge in [0, 0.05) is 17.1 Å². The average Bonchev–Trinajstić information content (AvgIpc) is 2.95. The first-order chi connectivity index (χ1) is 7.94. The highest BCUT2D eigenvalue weighted by Gasteiger charge is 2.25. The molecule has 0 radical (unpaired) electrons. The molecule has 0 spiro atoms. The van der Waals surface area contributed by atoms with Crippen LogP contribution < -0.4 is 5.32 Å². The van der Waals surface area contributed by atoms with Crippen LogP contribution in [0.4, 0.5) is 4.39 Å². The van der Waals surface area contributed by atoms with Gasteiger partial charge in [-0.3, -0.25) is 0 Å². The smallest absolute Gasteiger partial charge is 0.124 e. The van der Waals surface area contributed by atoms with Crippen LogP contribution in [0.1, 0.15) is 32.3 Å². The number of halogens is 2. The van der Waals surface area contributed by atoms with Gasteiger partial charge in [0.2, 0.25) is 0 Å². The summed E-state index contributed by atoms with van der Waals surface area (Å²) in [5, 5.41) is 3.54. The standard InChI is InChI=1S/C14H19BrFN/c1-14(2,9-17-13-3-4-13)8-10-5-11(15)7-12(16)6-10/h5-7,13,17H,3-4,8-9H2,1-2H3. The van der Waals surface area contributed by atoms with Gasteiger partial charge >= 0.3 is 0 Å². The van der Waals surface area contributed by atoms with E-state index in [4.69, 9.17) is 0 Å². The van der Waals surface area contributed by atoms with E-state index in [-0.39, 0.29) is 11.2 Å². The molecular weight excluding hydrogens is 281 g/mol. The van der Waals surface area contributed by atoms with Crippen LogP contribution in [-0.2, 0) is 6.42 Å². The van der Waals surface area contributed by atoms with Crippen LogP contribution >= 0.6 is 15.9 Å². The van der Waals surface area contributed by atoms with Crippen molar-refractivity contribution < 1.29 is 4.39 Å². The first kappa shape index (κ1) is 13.0. The van der Waals surface area contributed by atoms with E-state index in [0.717, 1.165) is 29.0 Å². The second-order valence-corrected chi connectivity index (χ2v) is 6.69. The number of hydrogen-bond acceptors (Lipinski definition) is 1. The van der Waals surface area contributed by atoms with Crippen molar-refractivity contribution in [1.29, 1.82) is 0 Å². The molecule has 3 heteroatoms. The van der Waals surface area contributed by atoms with Crippen molar-refractivity contribution in [2.75, 3.05) is 6.54 Å². The molecular formula is C14H19BrFN. The van der Waals surface area contributed by atoms with Crippen LogP contribution in [0.15, 0.2) is 22.7 Å². The monoisotopic (exact) mass is 299 g/mol. The third-order valence-electron chi connectivity index (χ3n) is 3.05. The third kappa shape index (κ3) is 4.40. The number of nitrogens with one attached hydrogen (secondary N) is 1. The molecule has 1 aliphatic rings. The van der Waals surface area contributed by atoms with Gasteiger partial charge in [-0.2, -0.15) is 0 Å². The summed E-state index contributed by atoms with van der Waals surface area (Å²) in [5.41, 5.74) is 1.22. The number of hydrogen-bond donors (Lipinski definition) is 1. The van der Waals surface area contributed by atoms with Gasteiger partial charge in [0.1, 0.15) is 5.82 Å². The van der Waals surface area contributed by atoms with Crippen LogP contribution in [0.5, 0.6) is 0 Å². The molecule has 0 aromatic heterocycles. The van der Waals surface area contributed by atoms with Crippen molar-refractivity contribution in [2.24, 2.45) is 5.41 Å². The molecule has 0 amide bonds. The topological polar surface area (TPSA) is 12.0 Å². The van der Waals surface area contributed by atoms with Crippen molar-refractivity contribution in [3.8, 4) is 0 Å². The van der Waals surface area contributed by atoms with Gasteiger partial charge in [0.25, 0.3) is 0 Å². The third-order valence-corrected chi connectivity index (χ3v) is 3.51. The Kier molecular flexibility index (Phi) is 3.88.